The average molecular weight is 293 g/mol. The predicted molar refractivity (Wildman–Crippen MR) is 81.2 cm³/mol. The van der Waals surface area contributed by atoms with Gasteiger partial charge in [0.25, 0.3) is 0 Å². The highest BCUT2D eigenvalue weighted by Gasteiger charge is 2.40. The van der Waals surface area contributed by atoms with Crippen LogP contribution < -0.4 is 5.32 Å². The van der Waals surface area contributed by atoms with Gasteiger partial charge >= 0.3 is 0 Å². The Morgan fingerprint density at radius 1 is 1.38 bits per heavy atom. The zero-order chi connectivity index (χ0) is 14.9. The third kappa shape index (κ3) is 2.84. The summed E-state index contributed by atoms with van der Waals surface area (Å²) in [6, 6.07) is 0.235. The maximum Gasteiger partial charge on any atom is 0.234 e. The second-order valence-corrected chi connectivity index (χ2v) is 6.63. The zero-order valence-corrected chi connectivity index (χ0v) is 13.4. The lowest BCUT2D eigenvalue weighted by Crippen LogP contribution is -2.32. The molecule has 2 unspecified atom stereocenters. The monoisotopic (exact) mass is 293 g/mol. The van der Waals surface area contributed by atoms with Crippen LogP contribution >= 0.6 is 0 Å². The SMILES string of the molecule is CCC1(c2nc(C3CN(C)CCCN3C)no2)CCNC1. The van der Waals surface area contributed by atoms with E-state index in [9.17, 15) is 0 Å². The summed E-state index contributed by atoms with van der Waals surface area (Å²) in [6.45, 7) is 7.38. The summed E-state index contributed by atoms with van der Waals surface area (Å²) in [7, 11) is 4.33. The molecule has 6 nitrogen and oxygen atoms in total. The lowest BCUT2D eigenvalue weighted by molar-refractivity contribution is 0.213. The van der Waals surface area contributed by atoms with E-state index in [0.717, 1.165) is 57.3 Å². The van der Waals surface area contributed by atoms with Crippen LogP contribution in [0.2, 0.25) is 0 Å². The van der Waals surface area contributed by atoms with Crippen molar-refractivity contribution in [1.29, 1.82) is 0 Å². The van der Waals surface area contributed by atoms with Gasteiger partial charge in [-0.3, -0.25) is 4.90 Å². The minimum Gasteiger partial charge on any atom is -0.339 e. The van der Waals surface area contributed by atoms with E-state index >= 15 is 0 Å². The predicted octanol–water partition coefficient (Wildman–Crippen LogP) is 1.02. The number of aromatic nitrogens is 2. The second kappa shape index (κ2) is 6.02. The van der Waals surface area contributed by atoms with Gasteiger partial charge in [-0.25, -0.2) is 0 Å². The Morgan fingerprint density at radius 3 is 2.95 bits per heavy atom. The molecule has 0 amide bonds. The molecular weight excluding hydrogens is 266 g/mol. The standard InChI is InChI=1S/C15H27N5O/c1-4-15(6-7-16-11-15)14-17-13(18-21-14)12-10-19(2)8-5-9-20(12)3/h12,16H,4-11H2,1-3H3. The van der Waals surface area contributed by atoms with Crippen LogP contribution in [0.1, 0.15) is 43.9 Å². The Kier molecular flexibility index (Phi) is 4.28. The molecule has 6 heteroatoms. The first-order valence-electron chi connectivity index (χ1n) is 8.08. The molecule has 0 spiro atoms. The van der Waals surface area contributed by atoms with Crippen molar-refractivity contribution in [2.24, 2.45) is 0 Å². The molecule has 21 heavy (non-hydrogen) atoms. The van der Waals surface area contributed by atoms with Gasteiger partial charge in [0, 0.05) is 13.1 Å². The fourth-order valence-corrected chi connectivity index (χ4v) is 3.52. The Balaban J connectivity index is 1.83. The number of nitrogens with zero attached hydrogens (tertiary/aromatic N) is 4. The third-order valence-electron chi connectivity index (χ3n) is 5.18. The molecule has 118 valence electrons. The van der Waals surface area contributed by atoms with Crippen molar-refractivity contribution in [1.82, 2.24) is 25.3 Å². The van der Waals surface area contributed by atoms with Crippen molar-refractivity contribution in [2.45, 2.75) is 37.6 Å². The Hall–Kier alpha value is -0.980. The van der Waals surface area contributed by atoms with Crippen LogP contribution in [-0.4, -0.2) is 66.8 Å². The summed E-state index contributed by atoms with van der Waals surface area (Å²) in [4.78, 5) is 9.51. The molecule has 2 atom stereocenters. The van der Waals surface area contributed by atoms with Crippen molar-refractivity contribution >= 4 is 0 Å². The van der Waals surface area contributed by atoms with Crippen molar-refractivity contribution in [2.75, 3.05) is 46.8 Å². The largest absolute Gasteiger partial charge is 0.339 e. The lowest BCUT2D eigenvalue weighted by atomic mass is 9.84. The van der Waals surface area contributed by atoms with E-state index in [4.69, 9.17) is 9.51 Å². The van der Waals surface area contributed by atoms with Crippen molar-refractivity contribution in [3.05, 3.63) is 11.7 Å². The van der Waals surface area contributed by atoms with E-state index in [-0.39, 0.29) is 11.5 Å². The molecule has 2 aliphatic heterocycles. The zero-order valence-electron chi connectivity index (χ0n) is 13.4. The summed E-state index contributed by atoms with van der Waals surface area (Å²) in [6.07, 6.45) is 3.32. The van der Waals surface area contributed by atoms with Gasteiger partial charge in [0.15, 0.2) is 5.82 Å². The van der Waals surface area contributed by atoms with Crippen LogP contribution in [-0.2, 0) is 5.41 Å². The molecule has 3 heterocycles. The minimum absolute atomic E-state index is 0.0421. The number of hydrogen-bond donors (Lipinski definition) is 1. The van der Waals surface area contributed by atoms with E-state index in [1.165, 1.54) is 6.42 Å². The molecule has 0 radical (unpaired) electrons. The molecule has 2 aliphatic rings. The molecule has 3 rings (SSSR count). The second-order valence-electron chi connectivity index (χ2n) is 6.63. The molecule has 0 saturated carbocycles. The van der Waals surface area contributed by atoms with Crippen LogP contribution in [0.25, 0.3) is 0 Å². The molecular formula is C15H27N5O. The van der Waals surface area contributed by atoms with Crippen LogP contribution in [0.5, 0.6) is 0 Å². The van der Waals surface area contributed by atoms with Gasteiger partial charge < -0.3 is 14.7 Å². The Labute approximate surface area is 126 Å². The molecule has 0 aliphatic carbocycles. The highest BCUT2D eigenvalue weighted by atomic mass is 16.5. The highest BCUT2D eigenvalue weighted by molar-refractivity contribution is 5.11. The van der Waals surface area contributed by atoms with Gasteiger partial charge in [-0.2, -0.15) is 4.98 Å². The molecule has 1 aromatic rings. The summed E-state index contributed by atoms with van der Waals surface area (Å²) in [5.41, 5.74) is 0.0421. The minimum atomic E-state index is 0.0421. The molecule has 1 aromatic heterocycles. The maximum atomic E-state index is 5.67. The summed E-state index contributed by atoms with van der Waals surface area (Å²) < 4.78 is 5.67. The van der Waals surface area contributed by atoms with E-state index in [1.54, 1.807) is 0 Å². The first-order chi connectivity index (χ1) is 10.1. The summed E-state index contributed by atoms with van der Waals surface area (Å²) in [5, 5.41) is 7.75. The lowest BCUT2D eigenvalue weighted by Gasteiger charge is -2.24. The summed E-state index contributed by atoms with van der Waals surface area (Å²) >= 11 is 0. The first kappa shape index (κ1) is 14.9. The topological polar surface area (TPSA) is 57.4 Å². The highest BCUT2D eigenvalue weighted by Crippen LogP contribution is 2.34. The van der Waals surface area contributed by atoms with E-state index in [1.807, 2.05) is 0 Å². The van der Waals surface area contributed by atoms with Crippen LogP contribution in [0, 0.1) is 0 Å². The van der Waals surface area contributed by atoms with E-state index in [0.29, 0.717) is 0 Å². The Morgan fingerprint density at radius 2 is 2.24 bits per heavy atom. The van der Waals surface area contributed by atoms with Gasteiger partial charge in [-0.1, -0.05) is 12.1 Å². The van der Waals surface area contributed by atoms with E-state index in [2.05, 4.69) is 41.3 Å². The summed E-state index contributed by atoms with van der Waals surface area (Å²) in [5.74, 6) is 1.67. The average Bonchev–Trinajstić information content (AvgIpc) is 3.11. The number of rotatable bonds is 3. The smallest absolute Gasteiger partial charge is 0.234 e. The fourth-order valence-electron chi connectivity index (χ4n) is 3.52. The number of hydrogen-bond acceptors (Lipinski definition) is 6. The van der Waals surface area contributed by atoms with Crippen LogP contribution in [0.4, 0.5) is 0 Å². The van der Waals surface area contributed by atoms with E-state index < -0.39 is 0 Å². The maximum absolute atomic E-state index is 5.67. The normalized spacial score (nSPS) is 32.4. The third-order valence-corrected chi connectivity index (χ3v) is 5.18. The molecule has 2 fully saturated rings. The van der Waals surface area contributed by atoms with Crippen LogP contribution in [0.3, 0.4) is 0 Å². The molecule has 0 bridgehead atoms. The number of likely N-dealkylation sites (N-methyl/N-ethyl adjacent to an activating group) is 2. The fraction of sp³-hybridized carbons (Fsp3) is 0.867. The first-order valence-corrected chi connectivity index (χ1v) is 8.08. The van der Waals surface area contributed by atoms with Gasteiger partial charge in [0.05, 0.1) is 11.5 Å². The van der Waals surface area contributed by atoms with Gasteiger partial charge in [0.1, 0.15) is 0 Å². The number of nitrogens with one attached hydrogen (secondary N) is 1. The molecule has 1 N–H and O–H groups in total. The quantitative estimate of drug-likeness (QED) is 0.898. The van der Waals surface area contributed by atoms with Crippen molar-refractivity contribution < 1.29 is 4.52 Å². The molecule has 0 aromatic carbocycles. The van der Waals surface area contributed by atoms with Crippen molar-refractivity contribution in [3.8, 4) is 0 Å². The van der Waals surface area contributed by atoms with Crippen molar-refractivity contribution in [3.63, 3.8) is 0 Å². The van der Waals surface area contributed by atoms with Gasteiger partial charge in [-0.05, 0) is 53.0 Å². The van der Waals surface area contributed by atoms with Crippen LogP contribution in [0.15, 0.2) is 4.52 Å². The Bertz CT molecular complexity index is 468. The van der Waals surface area contributed by atoms with Gasteiger partial charge in [-0.15, -0.1) is 0 Å². The van der Waals surface area contributed by atoms with Gasteiger partial charge in [0.2, 0.25) is 5.89 Å². The molecule has 2 saturated heterocycles.